The van der Waals surface area contributed by atoms with E-state index in [1.54, 1.807) is 12.4 Å². The topological polar surface area (TPSA) is 51.4 Å². The summed E-state index contributed by atoms with van der Waals surface area (Å²) in [5.74, 6) is 0.819. The Morgan fingerprint density at radius 2 is 2.18 bits per heavy atom. The quantitative estimate of drug-likeness (QED) is 0.714. The van der Waals surface area contributed by atoms with Crippen molar-refractivity contribution in [1.29, 1.82) is 0 Å². The molecule has 3 heterocycles. The highest BCUT2D eigenvalue weighted by Gasteiger charge is 2.27. The monoisotopic (exact) mass is 359 g/mol. The molecule has 0 bridgehead atoms. The zero-order valence-corrected chi connectivity index (χ0v) is 13.4. The summed E-state index contributed by atoms with van der Waals surface area (Å²) >= 11 is 3.45. The highest BCUT2D eigenvalue weighted by atomic mass is 79.9. The first-order valence-electron chi connectivity index (χ1n) is 7.16. The molecule has 3 aromatic rings. The highest BCUT2D eigenvalue weighted by molar-refractivity contribution is 9.10. The van der Waals surface area contributed by atoms with Gasteiger partial charge in [-0.25, -0.2) is 0 Å². The normalized spacial score (nSPS) is 18.0. The van der Waals surface area contributed by atoms with Gasteiger partial charge in [0, 0.05) is 25.4 Å². The van der Waals surface area contributed by atoms with Crippen LogP contribution in [-0.4, -0.2) is 29.2 Å². The van der Waals surface area contributed by atoms with E-state index >= 15 is 0 Å². The van der Waals surface area contributed by atoms with E-state index in [1.165, 1.54) is 0 Å². The van der Waals surface area contributed by atoms with Crippen LogP contribution in [0.3, 0.4) is 0 Å². The molecule has 1 unspecified atom stereocenters. The largest absolute Gasteiger partial charge is 0.487 e. The number of rotatable bonds is 3. The Morgan fingerprint density at radius 3 is 3.05 bits per heavy atom. The second-order valence-corrected chi connectivity index (χ2v) is 6.10. The van der Waals surface area contributed by atoms with Crippen LogP contribution >= 0.6 is 15.9 Å². The number of para-hydroxylation sites is 2. The molecule has 1 aliphatic rings. The van der Waals surface area contributed by atoms with E-state index in [-0.39, 0.29) is 6.10 Å². The second kappa shape index (κ2) is 5.61. The molecule has 0 amide bonds. The molecular formula is C16H14BrN3O2. The fourth-order valence-corrected chi connectivity index (χ4v) is 2.97. The van der Waals surface area contributed by atoms with Crippen LogP contribution in [0.4, 0.5) is 6.01 Å². The van der Waals surface area contributed by atoms with Gasteiger partial charge in [-0.2, -0.15) is 4.98 Å². The predicted octanol–water partition coefficient (Wildman–Crippen LogP) is 3.64. The van der Waals surface area contributed by atoms with E-state index in [2.05, 4.69) is 30.8 Å². The lowest BCUT2D eigenvalue weighted by Gasteiger charge is -2.15. The molecule has 2 aromatic heterocycles. The lowest BCUT2D eigenvalue weighted by molar-refractivity contribution is 0.223. The number of halogens is 1. The molecule has 22 heavy (non-hydrogen) atoms. The molecule has 6 heteroatoms. The summed E-state index contributed by atoms with van der Waals surface area (Å²) in [4.78, 5) is 10.7. The van der Waals surface area contributed by atoms with Gasteiger partial charge < -0.3 is 14.1 Å². The lowest BCUT2D eigenvalue weighted by Crippen LogP contribution is -2.24. The lowest BCUT2D eigenvalue weighted by atomic mass is 10.3. The number of oxazole rings is 1. The van der Waals surface area contributed by atoms with Crippen LogP contribution in [0.1, 0.15) is 6.42 Å². The number of anilines is 1. The van der Waals surface area contributed by atoms with Gasteiger partial charge in [-0.05, 0) is 34.1 Å². The summed E-state index contributed by atoms with van der Waals surface area (Å²) in [5, 5.41) is 0. The Labute approximate surface area is 136 Å². The van der Waals surface area contributed by atoms with Crippen molar-refractivity contribution in [2.24, 2.45) is 0 Å². The predicted molar refractivity (Wildman–Crippen MR) is 87.2 cm³/mol. The molecule has 4 rings (SSSR count). The van der Waals surface area contributed by atoms with Gasteiger partial charge >= 0.3 is 0 Å². The molecule has 0 saturated carbocycles. The molecule has 1 saturated heterocycles. The number of fused-ring (bicyclic) bond motifs is 1. The summed E-state index contributed by atoms with van der Waals surface area (Å²) in [6, 6.07) is 10.3. The van der Waals surface area contributed by atoms with E-state index < -0.39 is 0 Å². The Morgan fingerprint density at radius 1 is 1.27 bits per heavy atom. The second-order valence-electron chi connectivity index (χ2n) is 5.24. The van der Waals surface area contributed by atoms with Gasteiger partial charge in [0.1, 0.15) is 17.4 Å². The van der Waals surface area contributed by atoms with Crippen molar-refractivity contribution in [2.45, 2.75) is 12.5 Å². The molecule has 5 nitrogen and oxygen atoms in total. The van der Waals surface area contributed by atoms with Crippen LogP contribution in [0.2, 0.25) is 0 Å². The molecule has 0 N–H and O–H groups in total. The van der Waals surface area contributed by atoms with E-state index in [9.17, 15) is 0 Å². The Kier molecular flexibility index (Phi) is 3.46. The fourth-order valence-electron chi connectivity index (χ4n) is 2.63. The molecular weight excluding hydrogens is 346 g/mol. The minimum atomic E-state index is 0.119. The zero-order chi connectivity index (χ0) is 14.9. The van der Waals surface area contributed by atoms with Crippen molar-refractivity contribution in [2.75, 3.05) is 18.0 Å². The van der Waals surface area contributed by atoms with Gasteiger partial charge in [0.2, 0.25) is 0 Å². The van der Waals surface area contributed by atoms with E-state index in [1.807, 2.05) is 30.3 Å². The zero-order valence-electron chi connectivity index (χ0n) is 11.8. The molecule has 0 radical (unpaired) electrons. The van der Waals surface area contributed by atoms with Crippen molar-refractivity contribution in [3.8, 4) is 5.75 Å². The van der Waals surface area contributed by atoms with Crippen molar-refractivity contribution < 1.29 is 9.15 Å². The number of aromatic nitrogens is 2. The maximum absolute atomic E-state index is 6.03. The number of nitrogens with zero attached hydrogens (tertiary/aromatic N) is 3. The smallest absolute Gasteiger partial charge is 0.298 e. The third-order valence-electron chi connectivity index (χ3n) is 3.73. The maximum Gasteiger partial charge on any atom is 0.298 e. The fraction of sp³-hybridized carbons (Fsp3) is 0.250. The SMILES string of the molecule is Brc1cnccc1OC1CCN(c2nc3ccccc3o2)C1. The number of benzene rings is 1. The third kappa shape index (κ3) is 2.54. The van der Waals surface area contributed by atoms with Gasteiger partial charge in [-0.1, -0.05) is 12.1 Å². The molecule has 1 aromatic carbocycles. The van der Waals surface area contributed by atoms with E-state index in [0.29, 0.717) is 6.01 Å². The minimum absolute atomic E-state index is 0.119. The van der Waals surface area contributed by atoms with Crippen molar-refractivity contribution in [3.63, 3.8) is 0 Å². The average molecular weight is 360 g/mol. The van der Waals surface area contributed by atoms with Gasteiger partial charge in [0.15, 0.2) is 5.58 Å². The molecule has 1 fully saturated rings. The first-order valence-corrected chi connectivity index (χ1v) is 7.95. The summed E-state index contributed by atoms with van der Waals surface area (Å²) < 4.78 is 12.7. The highest BCUT2D eigenvalue weighted by Crippen LogP contribution is 2.29. The van der Waals surface area contributed by atoms with Crippen molar-refractivity contribution >= 4 is 33.0 Å². The molecule has 1 atom stereocenters. The number of ether oxygens (including phenoxy) is 1. The van der Waals surface area contributed by atoms with Crippen molar-refractivity contribution in [1.82, 2.24) is 9.97 Å². The summed E-state index contributed by atoms with van der Waals surface area (Å²) in [6.07, 6.45) is 4.53. The molecule has 112 valence electrons. The van der Waals surface area contributed by atoms with Crippen LogP contribution in [0.15, 0.2) is 51.6 Å². The van der Waals surface area contributed by atoms with E-state index in [4.69, 9.17) is 9.15 Å². The summed E-state index contributed by atoms with van der Waals surface area (Å²) in [5.41, 5.74) is 1.71. The standard InChI is InChI=1S/C16H14BrN3O2/c17-12-9-18-7-5-14(12)21-11-6-8-20(10-11)16-19-13-3-1-2-4-15(13)22-16/h1-5,7,9,11H,6,8,10H2. The Balaban J connectivity index is 1.49. The Hall–Kier alpha value is -2.08. The number of hydrogen-bond acceptors (Lipinski definition) is 5. The first-order chi connectivity index (χ1) is 10.8. The van der Waals surface area contributed by atoms with Crippen LogP contribution in [0, 0.1) is 0 Å². The maximum atomic E-state index is 6.03. The molecule has 1 aliphatic heterocycles. The Bertz CT molecular complexity index is 772. The molecule has 0 aliphatic carbocycles. The summed E-state index contributed by atoms with van der Waals surface area (Å²) in [7, 11) is 0. The van der Waals surface area contributed by atoms with Crippen LogP contribution in [-0.2, 0) is 0 Å². The van der Waals surface area contributed by atoms with Crippen LogP contribution < -0.4 is 9.64 Å². The number of pyridine rings is 1. The van der Waals surface area contributed by atoms with Gasteiger partial charge in [0.05, 0.1) is 11.0 Å². The van der Waals surface area contributed by atoms with Gasteiger partial charge in [0.25, 0.3) is 6.01 Å². The first kappa shape index (κ1) is 13.6. The van der Waals surface area contributed by atoms with Crippen LogP contribution in [0.5, 0.6) is 5.75 Å². The molecule has 0 spiro atoms. The minimum Gasteiger partial charge on any atom is -0.487 e. The van der Waals surface area contributed by atoms with E-state index in [0.717, 1.165) is 40.8 Å². The van der Waals surface area contributed by atoms with Gasteiger partial charge in [-0.15, -0.1) is 0 Å². The summed E-state index contributed by atoms with van der Waals surface area (Å²) in [6.45, 7) is 1.64. The number of hydrogen-bond donors (Lipinski definition) is 0. The van der Waals surface area contributed by atoms with Crippen LogP contribution in [0.25, 0.3) is 11.1 Å². The van der Waals surface area contributed by atoms with Crippen molar-refractivity contribution in [3.05, 3.63) is 47.2 Å². The average Bonchev–Trinajstić information content (AvgIpc) is 3.15. The third-order valence-corrected chi connectivity index (χ3v) is 4.32. The van der Waals surface area contributed by atoms with Gasteiger partial charge in [-0.3, -0.25) is 4.98 Å².